The molecule has 0 saturated carbocycles. The van der Waals surface area contributed by atoms with Gasteiger partial charge in [0, 0.05) is 43.4 Å². The van der Waals surface area contributed by atoms with E-state index in [2.05, 4.69) is 10.5 Å². The van der Waals surface area contributed by atoms with Crippen LogP contribution in [0.3, 0.4) is 0 Å². The van der Waals surface area contributed by atoms with Crippen LogP contribution in [0.15, 0.2) is 34.9 Å². The van der Waals surface area contributed by atoms with Crippen LogP contribution >= 0.6 is 0 Å². The maximum absolute atomic E-state index is 15.6. The number of imide groups is 1. The number of nitrogens with one attached hydrogen (secondary N) is 1. The van der Waals surface area contributed by atoms with Crippen molar-refractivity contribution in [1.82, 2.24) is 25.2 Å². The van der Waals surface area contributed by atoms with Gasteiger partial charge < -0.3 is 9.42 Å². The van der Waals surface area contributed by atoms with Gasteiger partial charge in [0.05, 0.1) is 23.8 Å². The SMILES string of the molecule is O=C1CCC(N2Cc3cc(CN4CCC(N5CCC(c6noc7cc(F)ccc67)CC5)C(F)(F)C4)cc(F)c3C2=O)C(=O)N1. The molecule has 1 N–H and O–H groups in total. The summed E-state index contributed by atoms with van der Waals surface area (Å²) in [7, 11) is 0. The molecule has 0 spiro atoms. The second-order valence-electron chi connectivity index (χ2n) is 12.3. The Kier molecular flexibility index (Phi) is 7.19. The smallest absolute Gasteiger partial charge is 0.275 e. The Morgan fingerprint density at radius 1 is 1.00 bits per heavy atom. The van der Waals surface area contributed by atoms with E-state index in [9.17, 15) is 18.8 Å². The fraction of sp³-hybridized carbons (Fsp3) is 0.484. The van der Waals surface area contributed by atoms with Crippen LogP contribution in [0.1, 0.15) is 65.2 Å². The molecule has 44 heavy (non-hydrogen) atoms. The lowest BCUT2D eigenvalue weighted by atomic mass is 9.89. The molecule has 2 unspecified atom stereocenters. The first-order valence-electron chi connectivity index (χ1n) is 14.9. The molecule has 0 aliphatic carbocycles. The topological polar surface area (TPSA) is 99.0 Å². The molecule has 1 aromatic heterocycles. The number of hydrogen-bond acceptors (Lipinski definition) is 7. The summed E-state index contributed by atoms with van der Waals surface area (Å²) in [6.07, 6.45) is 1.78. The summed E-state index contributed by atoms with van der Waals surface area (Å²) in [5.41, 5.74) is 1.89. The minimum absolute atomic E-state index is 0.0143. The molecule has 2 aromatic carbocycles. The maximum Gasteiger partial charge on any atom is 0.275 e. The zero-order valence-corrected chi connectivity index (χ0v) is 23.8. The molecule has 0 bridgehead atoms. The van der Waals surface area contributed by atoms with Crippen LogP contribution in [-0.2, 0) is 22.7 Å². The van der Waals surface area contributed by atoms with E-state index in [-0.39, 0.29) is 43.8 Å². The van der Waals surface area contributed by atoms with E-state index in [4.69, 9.17) is 4.52 Å². The van der Waals surface area contributed by atoms with Gasteiger partial charge in [-0.2, -0.15) is 0 Å². The van der Waals surface area contributed by atoms with Crippen LogP contribution in [-0.4, -0.2) is 81.8 Å². The minimum Gasteiger partial charge on any atom is -0.356 e. The summed E-state index contributed by atoms with van der Waals surface area (Å²) in [6, 6.07) is 5.38. The van der Waals surface area contributed by atoms with Crippen molar-refractivity contribution in [2.45, 2.75) is 69.1 Å². The van der Waals surface area contributed by atoms with Crippen LogP contribution in [0.4, 0.5) is 17.6 Å². The molecule has 232 valence electrons. The molecule has 3 saturated heterocycles. The van der Waals surface area contributed by atoms with Gasteiger partial charge in [-0.1, -0.05) is 11.2 Å². The predicted octanol–water partition coefficient (Wildman–Crippen LogP) is 3.96. The third kappa shape index (κ3) is 5.15. The van der Waals surface area contributed by atoms with Crippen molar-refractivity contribution < 1.29 is 36.5 Å². The van der Waals surface area contributed by atoms with Crippen LogP contribution < -0.4 is 5.32 Å². The van der Waals surface area contributed by atoms with Gasteiger partial charge in [0.15, 0.2) is 5.58 Å². The monoisotopic (exact) mass is 613 g/mol. The number of fused-ring (bicyclic) bond motifs is 2. The lowest BCUT2D eigenvalue weighted by molar-refractivity contribution is -0.137. The van der Waals surface area contributed by atoms with Gasteiger partial charge in [0.2, 0.25) is 11.8 Å². The van der Waals surface area contributed by atoms with Crippen molar-refractivity contribution in [2.24, 2.45) is 0 Å². The molecule has 2 atom stereocenters. The number of halogens is 4. The Balaban J connectivity index is 0.978. The van der Waals surface area contributed by atoms with E-state index < -0.39 is 53.9 Å². The van der Waals surface area contributed by atoms with E-state index in [0.29, 0.717) is 49.2 Å². The van der Waals surface area contributed by atoms with E-state index in [1.807, 2.05) is 4.90 Å². The number of rotatable bonds is 5. The number of benzene rings is 2. The summed E-state index contributed by atoms with van der Waals surface area (Å²) in [5.74, 6) is -5.70. The third-order valence-corrected chi connectivity index (χ3v) is 9.50. The lowest BCUT2D eigenvalue weighted by Gasteiger charge is -2.45. The highest BCUT2D eigenvalue weighted by atomic mass is 19.3. The zero-order valence-electron chi connectivity index (χ0n) is 23.8. The van der Waals surface area contributed by atoms with Crippen molar-refractivity contribution >= 4 is 28.7 Å². The number of aromatic nitrogens is 1. The van der Waals surface area contributed by atoms with Crippen LogP contribution in [0.25, 0.3) is 11.0 Å². The highest BCUT2D eigenvalue weighted by Crippen LogP contribution is 2.38. The van der Waals surface area contributed by atoms with Gasteiger partial charge >= 0.3 is 0 Å². The number of hydrogen-bond donors (Lipinski definition) is 1. The molecule has 3 amide bonds. The summed E-state index contributed by atoms with van der Waals surface area (Å²) < 4.78 is 65.1. The maximum atomic E-state index is 15.6. The second-order valence-corrected chi connectivity index (χ2v) is 12.3. The Hall–Kier alpha value is -3.84. The molecule has 9 nitrogen and oxygen atoms in total. The third-order valence-electron chi connectivity index (χ3n) is 9.50. The van der Waals surface area contributed by atoms with Gasteiger partial charge in [0.1, 0.15) is 17.7 Å². The number of piperidine rings is 3. The first kappa shape index (κ1) is 28.9. The minimum atomic E-state index is -2.99. The molecule has 3 aromatic rings. The molecule has 0 radical (unpaired) electrons. The van der Waals surface area contributed by atoms with Gasteiger partial charge in [-0.3, -0.25) is 29.5 Å². The average Bonchev–Trinajstić information content (AvgIpc) is 3.53. The van der Waals surface area contributed by atoms with Gasteiger partial charge in [-0.05, 0) is 68.1 Å². The molecule has 4 aliphatic heterocycles. The van der Waals surface area contributed by atoms with Crippen LogP contribution in [0.5, 0.6) is 0 Å². The summed E-state index contributed by atoms with van der Waals surface area (Å²) in [6.45, 7) is 1.00. The normalized spacial score (nSPS) is 25.1. The largest absolute Gasteiger partial charge is 0.356 e. The Labute approximate surface area is 250 Å². The molecular formula is C31H31F4N5O4. The summed E-state index contributed by atoms with van der Waals surface area (Å²) >= 11 is 0. The van der Waals surface area contributed by atoms with E-state index in [0.717, 1.165) is 11.1 Å². The molecular weight excluding hydrogens is 582 g/mol. The average molecular weight is 614 g/mol. The second kappa shape index (κ2) is 11.0. The number of carbonyl (C=O) groups excluding carboxylic acids is 3. The number of amides is 3. The fourth-order valence-electron chi connectivity index (χ4n) is 7.36. The molecule has 3 fully saturated rings. The van der Waals surface area contributed by atoms with Crippen LogP contribution in [0.2, 0.25) is 0 Å². The Bertz CT molecular complexity index is 1650. The van der Waals surface area contributed by atoms with Crippen molar-refractivity contribution in [2.75, 3.05) is 26.2 Å². The zero-order chi connectivity index (χ0) is 30.7. The molecule has 5 heterocycles. The first-order chi connectivity index (χ1) is 21.1. The highest BCUT2D eigenvalue weighted by molar-refractivity contribution is 6.05. The van der Waals surface area contributed by atoms with Crippen LogP contribution in [0, 0.1) is 11.6 Å². The molecule has 13 heteroatoms. The Morgan fingerprint density at radius 2 is 1.80 bits per heavy atom. The standard InChI is InChI=1S/C31H31F4N5O4/c32-20-1-2-21-24(13-20)44-37-28(21)18-5-9-39(10-6-18)25-7-8-38(16-31(25,34)35)14-17-11-19-15-40(30(43)27(19)22(33)12-17)23-3-4-26(41)36-29(23)42/h1-2,11-13,18,23,25H,3-10,14-16H2,(H,36,41,42). The predicted molar refractivity (Wildman–Crippen MR) is 149 cm³/mol. The highest BCUT2D eigenvalue weighted by Gasteiger charge is 2.48. The lowest BCUT2D eigenvalue weighted by Crippen LogP contribution is -2.59. The number of carbonyl (C=O) groups is 3. The molecule has 7 rings (SSSR count). The van der Waals surface area contributed by atoms with E-state index in [1.165, 1.54) is 23.1 Å². The van der Waals surface area contributed by atoms with Gasteiger partial charge in [-0.25, -0.2) is 17.6 Å². The van der Waals surface area contributed by atoms with Crippen molar-refractivity contribution in [3.63, 3.8) is 0 Å². The first-order valence-corrected chi connectivity index (χ1v) is 14.9. The molecule has 4 aliphatic rings. The van der Waals surface area contributed by atoms with Crippen molar-refractivity contribution in [3.05, 3.63) is 64.4 Å². The Morgan fingerprint density at radius 3 is 2.55 bits per heavy atom. The van der Waals surface area contributed by atoms with E-state index >= 15 is 13.2 Å². The van der Waals surface area contributed by atoms with Crippen molar-refractivity contribution in [3.8, 4) is 0 Å². The summed E-state index contributed by atoms with van der Waals surface area (Å²) in [5, 5.41) is 7.12. The van der Waals surface area contributed by atoms with Gasteiger partial charge in [0.25, 0.3) is 11.8 Å². The van der Waals surface area contributed by atoms with E-state index in [1.54, 1.807) is 17.0 Å². The fourth-order valence-corrected chi connectivity index (χ4v) is 7.36. The number of alkyl halides is 2. The van der Waals surface area contributed by atoms with Gasteiger partial charge in [-0.15, -0.1) is 0 Å². The summed E-state index contributed by atoms with van der Waals surface area (Å²) in [4.78, 5) is 41.5. The van der Waals surface area contributed by atoms with Crippen molar-refractivity contribution in [1.29, 1.82) is 0 Å². The number of nitrogens with zero attached hydrogens (tertiary/aromatic N) is 4. The number of likely N-dealkylation sites (tertiary alicyclic amines) is 2. The quantitative estimate of drug-likeness (QED) is 0.344.